The maximum absolute atomic E-state index is 12.5. The molecule has 2 aromatic rings. The third-order valence-electron chi connectivity index (χ3n) is 5.73. The Morgan fingerprint density at radius 3 is 2.85 bits per heavy atom. The first-order valence-corrected chi connectivity index (χ1v) is 9.45. The Morgan fingerprint density at radius 1 is 1.19 bits per heavy atom. The van der Waals surface area contributed by atoms with Gasteiger partial charge in [-0.1, -0.05) is 35.5 Å². The highest BCUT2D eigenvalue weighted by molar-refractivity contribution is 5.92. The van der Waals surface area contributed by atoms with Crippen LogP contribution in [0.15, 0.2) is 40.9 Å². The van der Waals surface area contributed by atoms with Gasteiger partial charge in [-0.05, 0) is 25.2 Å². The molecule has 1 aromatic carbocycles. The van der Waals surface area contributed by atoms with E-state index in [0.29, 0.717) is 17.8 Å². The van der Waals surface area contributed by atoms with Gasteiger partial charge in [-0.25, -0.2) is 0 Å². The van der Waals surface area contributed by atoms with E-state index in [1.165, 1.54) is 12.8 Å². The number of hydrogen-bond donors (Lipinski definition) is 1. The largest absolute Gasteiger partial charge is 0.375 e. The smallest absolute Gasteiger partial charge is 0.290 e. The molecule has 3 fully saturated rings. The summed E-state index contributed by atoms with van der Waals surface area (Å²) in [5.41, 5.74) is 1.62. The third kappa shape index (κ3) is 3.15. The van der Waals surface area contributed by atoms with Crippen molar-refractivity contribution in [2.75, 3.05) is 19.7 Å². The molecule has 2 saturated heterocycles. The number of nitrogens with one attached hydrogen (secondary N) is 1. The van der Waals surface area contributed by atoms with Crippen molar-refractivity contribution < 1.29 is 14.1 Å². The minimum atomic E-state index is -0.191. The van der Waals surface area contributed by atoms with Crippen LogP contribution in [0.5, 0.6) is 0 Å². The van der Waals surface area contributed by atoms with E-state index in [1.807, 2.05) is 30.3 Å². The Balaban J connectivity index is 1.21. The molecule has 3 atom stereocenters. The second kappa shape index (κ2) is 6.52. The molecule has 5 rings (SSSR count). The van der Waals surface area contributed by atoms with E-state index in [4.69, 9.17) is 9.26 Å². The second-order valence-corrected chi connectivity index (χ2v) is 7.67. The topological polar surface area (TPSA) is 67.6 Å². The average Bonchev–Trinajstić information content (AvgIpc) is 3.25. The summed E-state index contributed by atoms with van der Waals surface area (Å²) in [4.78, 5) is 15.0. The monoisotopic (exact) mass is 353 g/mol. The average molecular weight is 353 g/mol. The molecule has 6 nitrogen and oxygen atoms in total. The number of hydrogen-bond acceptors (Lipinski definition) is 5. The van der Waals surface area contributed by atoms with E-state index >= 15 is 0 Å². The van der Waals surface area contributed by atoms with E-state index in [1.54, 1.807) is 6.07 Å². The van der Waals surface area contributed by atoms with Gasteiger partial charge < -0.3 is 14.6 Å². The minimum Gasteiger partial charge on any atom is -0.375 e. The minimum absolute atomic E-state index is 0.138. The van der Waals surface area contributed by atoms with Gasteiger partial charge in [-0.2, -0.15) is 0 Å². The molecular weight excluding hydrogens is 330 g/mol. The standard InChI is InChI=1S/C20H23N3O3/c24-20(18-9-17(22-26-18)13-4-2-1-3-5-13)21-15-8-16-12-25-19(14-6-7-14)11-23(16)10-15/h1-5,9,14-16,19H,6-8,10-12H2,(H,21,24)/t15-,16-,19+/m0/s1. The fourth-order valence-corrected chi connectivity index (χ4v) is 4.14. The van der Waals surface area contributed by atoms with Crippen LogP contribution < -0.4 is 5.32 Å². The van der Waals surface area contributed by atoms with Gasteiger partial charge >= 0.3 is 0 Å². The van der Waals surface area contributed by atoms with Gasteiger partial charge in [0.1, 0.15) is 5.69 Å². The van der Waals surface area contributed by atoms with Crippen LogP contribution in [-0.4, -0.2) is 53.8 Å². The van der Waals surface area contributed by atoms with Crippen molar-refractivity contribution >= 4 is 5.91 Å². The lowest BCUT2D eigenvalue weighted by Crippen LogP contribution is -2.47. The highest BCUT2D eigenvalue weighted by Gasteiger charge is 2.42. The number of rotatable bonds is 4. The molecule has 0 unspecified atom stereocenters. The predicted molar refractivity (Wildman–Crippen MR) is 95.6 cm³/mol. The zero-order chi connectivity index (χ0) is 17.5. The molecule has 26 heavy (non-hydrogen) atoms. The number of fused-ring (bicyclic) bond motifs is 1. The van der Waals surface area contributed by atoms with Crippen molar-refractivity contribution in [1.29, 1.82) is 0 Å². The van der Waals surface area contributed by atoms with Crippen molar-refractivity contribution in [2.24, 2.45) is 5.92 Å². The van der Waals surface area contributed by atoms with Crippen LogP contribution in [0.25, 0.3) is 11.3 Å². The second-order valence-electron chi connectivity index (χ2n) is 7.67. The Morgan fingerprint density at radius 2 is 2.04 bits per heavy atom. The molecule has 0 radical (unpaired) electrons. The van der Waals surface area contributed by atoms with Crippen molar-refractivity contribution in [3.05, 3.63) is 42.2 Å². The van der Waals surface area contributed by atoms with Gasteiger partial charge in [-0.3, -0.25) is 9.69 Å². The summed E-state index contributed by atoms with van der Waals surface area (Å²) >= 11 is 0. The molecule has 1 aromatic heterocycles. The maximum Gasteiger partial charge on any atom is 0.290 e. The van der Waals surface area contributed by atoms with Crippen LogP contribution in [0.4, 0.5) is 0 Å². The molecule has 0 bridgehead atoms. The first kappa shape index (κ1) is 16.0. The van der Waals surface area contributed by atoms with Crippen molar-refractivity contribution in [3.8, 4) is 11.3 Å². The Bertz CT molecular complexity index is 787. The SMILES string of the molecule is O=C(N[C@H]1C[C@H]2CO[C@@H](C3CC3)CN2C1)c1cc(-c2ccccc2)no1. The number of nitrogens with zero attached hydrogens (tertiary/aromatic N) is 2. The fourth-order valence-electron chi connectivity index (χ4n) is 4.14. The lowest BCUT2D eigenvalue weighted by Gasteiger charge is -2.35. The van der Waals surface area contributed by atoms with E-state index in [2.05, 4.69) is 15.4 Å². The molecule has 3 aliphatic rings. The van der Waals surface area contributed by atoms with Crippen LogP contribution in [-0.2, 0) is 4.74 Å². The predicted octanol–water partition coefficient (Wildman–Crippen LogP) is 2.32. The summed E-state index contributed by atoms with van der Waals surface area (Å²) in [5.74, 6) is 0.834. The first-order valence-electron chi connectivity index (χ1n) is 9.45. The summed E-state index contributed by atoms with van der Waals surface area (Å²) in [6, 6.07) is 12.0. The van der Waals surface area contributed by atoms with Gasteiger partial charge in [0.2, 0.25) is 5.76 Å². The van der Waals surface area contributed by atoms with Crippen molar-refractivity contribution in [3.63, 3.8) is 0 Å². The number of amides is 1. The molecular formula is C20H23N3O3. The van der Waals surface area contributed by atoms with Crippen LogP contribution in [0, 0.1) is 5.92 Å². The maximum atomic E-state index is 12.5. The summed E-state index contributed by atoms with van der Waals surface area (Å²) in [5, 5.41) is 7.13. The van der Waals surface area contributed by atoms with E-state index < -0.39 is 0 Å². The number of carbonyl (C=O) groups is 1. The molecule has 2 aliphatic heterocycles. The Labute approximate surface area is 152 Å². The number of ether oxygens (including phenoxy) is 1. The number of carbonyl (C=O) groups excluding carboxylic acids is 1. The van der Waals surface area contributed by atoms with Gasteiger partial charge in [0, 0.05) is 36.8 Å². The highest BCUT2D eigenvalue weighted by Crippen LogP contribution is 2.37. The normalized spacial score (nSPS) is 28.7. The molecule has 6 heteroatoms. The van der Waals surface area contributed by atoms with Crippen LogP contribution >= 0.6 is 0 Å². The van der Waals surface area contributed by atoms with E-state index in [0.717, 1.165) is 37.6 Å². The molecule has 1 aliphatic carbocycles. The summed E-state index contributed by atoms with van der Waals surface area (Å²) in [7, 11) is 0. The Kier molecular flexibility index (Phi) is 4.02. The van der Waals surface area contributed by atoms with Crippen molar-refractivity contribution in [2.45, 2.75) is 37.5 Å². The number of morpholine rings is 1. The summed E-state index contributed by atoms with van der Waals surface area (Å²) in [6.45, 7) is 2.68. The molecule has 0 spiro atoms. The van der Waals surface area contributed by atoms with E-state index in [9.17, 15) is 4.79 Å². The fraction of sp³-hybridized carbons (Fsp3) is 0.500. The first-order chi connectivity index (χ1) is 12.8. The lowest BCUT2D eigenvalue weighted by atomic mass is 10.1. The van der Waals surface area contributed by atoms with Crippen LogP contribution in [0.3, 0.4) is 0 Å². The Hall–Kier alpha value is -2.18. The number of benzene rings is 1. The van der Waals surface area contributed by atoms with Crippen molar-refractivity contribution in [1.82, 2.24) is 15.4 Å². The molecule has 136 valence electrons. The molecule has 1 amide bonds. The molecule has 1 N–H and O–H groups in total. The van der Waals surface area contributed by atoms with Crippen LogP contribution in [0.1, 0.15) is 29.8 Å². The highest BCUT2D eigenvalue weighted by atomic mass is 16.5. The summed E-state index contributed by atoms with van der Waals surface area (Å²) < 4.78 is 11.3. The van der Waals surface area contributed by atoms with Gasteiger partial charge in [0.25, 0.3) is 5.91 Å². The number of aromatic nitrogens is 1. The lowest BCUT2D eigenvalue weighted by molar-refractivity contribution is -0.0581. The summed E-state index contributed by atoms with van der Waals surface area (Å²) in [6.07, 6.45) is 3.93. The zero-order valence-corrected chi connectivity index (χ0v) is 14.6. The molecule has 3 heterocycles. The van der Waals surface area contributed by atoms with Gasteiger partial charge in [0.05, 0.1) is 12.7 Å². The quantitative estimate of drug-likeness (QED) is 0.914. The van der Waals surface area contributed by atoms with Gasteiger partial charge in [-0.15, -0.1) is 0 Å². The van der Waals surface area contributed by atoms with Gasteiger partial charge in [0.15, 0.2) is 0 Å². The third-order valence-corrected chi connectivity index (χ3v) is 5.73. The van der Waals surface area contributed by atoms with E-state index in [-0.39, 0.29) is 17.7 Å². The molecule has 1 saturated carbocycles. The van der Waals surface area contributed by atoms with Crippen LogP contribution in [0.2, 0.25) is 0 Å². The zero-order valence-electron chi connectivity index (χ0n) is 14.6.